The minimum absolute atomic E-state index is 0.514. The van der Waals surface area contributed by atoms with Crippen molar-refractivity contribution in [2.75, 3.05) is 186 Å². The molecule has 0 aromatic heterocycles. The molecule has 14 heteroatoms. The lowest BCUT2D eigenvalue weighted by molar-refractivity contribution is -0.0283. The molecule has 0 amide bonds. The van der Waals surface area contributed by atoms with E-state index in [0.717, 1.165) is 13.2 Å². The summed E-state index contributed by atoms with van der Waals surface area (Å²) < 4.78 is 65.1. The van der Waals surface area contributed by atoms with Crippen molar-refractivity contribution in [2.24, 2.45) is 5.73 Å². The zero-order chi connectivity index (χ0) is 30.4. The third-order valence-corrected chi connectivity index (χ3v) is 5.04. The number of hydrogen-bond acceptors (Lipinski definition) is 14. The van der Waals surface area contributed by atoms with Crippen molar-refractivity contribution < 1.29 is 56.8 Å². The highest BCUT2D eigenvalue weighted by Gasteiger charge is 1.97. The summed E-state index contributed by atoms with van der Waals surface area (Å²) in [7, 11) is 4.04. The molecule has 42 heavy (non-hydrogen) atoms. The maximum absolute atomic E-state index is 5.47. The average Bonchev–Trinajstić information content (AvgIpc) is 2.98. The lowest BCUT2D eigenvalue weighted by Crippen LogP contribution is -2.19. The van der Waals surface area contributed by atoms with E-state index < -0.39 is 0 Å². The fraction of sp³-hybridized carbons (Fsp3) is 1.00. The highest BCUT2D eigenvalue weighted by Crippen LogP contribution is 1.87. The van der Waals surface area contributed by atoms with Crippen molar-refractivity contribution >= 4 is 0 Å². The second-order valence-corrected chi connectivity index (χ2v) is 8.94. The van der Waals surface area contributed by atoms with Crippen LogP contribution >= 0.6 is 0 Å². The van der Waals surface area contributed by atoms with Gasteiger partial charge in [-0.25, -0.2) is 0 Å². The number of nitrogens with two attached hydrogens (primary N) is 1. The van der Waals surface area contributed by atoms with Crippen molar-refractivity contribution in [3.8, 4) is 0 Å². The highest BCUT2D eigenvalue weighted by atomic mass is 16.6. The molecular weight excluding hydrogens is 556 g/mol. The van der Waals surface area contributed by atoms with Crippen LogP contribution in [0.3, 0.4) is 0 Å². The summed E-state index contributed by atoms with van der Waals surface area (Å²) in [5.74, 6) is 0. The number of likely N-dealkylation sites (N-methyl/N-ethyl adjacent to an activating group) is 1. The molecule has 0 spiro atoms. The summed E-state index contributed by atoms with van der Waals surface area (Å²) in [4.78, 5) is 2.08. The van der Waals surface area contributed by atoms with Gasteiger partial charge in [-0.1, -0.05) is 0 Å². The van der Waals surface area contributed by atoms with E-state index in [1.165, 1.54) is 0 Å². The van der Waals surface area contributed by atoms with Gasteiger partial charge in [-0.3, -0.25) is 0 Å². The van der Waals surface area contributed by atoms with Gasteiger partial charge in [-0.05, 0) is 14.1 Å². The van der Waals surface area contributed by atoms with Gasteiger partial charge >= 0.3 is 0 Å². The third-order valence-electron chi connectivity index (χ3n) is 5.04. The molecule has 0 rings (SSSR count). The van der Waals surface area contributed by atoms with E-state index in [1.54, 1.807) is 0 Å². The second kappa shape index (κ2) is 38.5. The van der Waals surface area contributed by atoms with Crippen LogP contribution in [0.2, 0.25) is 0 Å². The number of ether oxygens (including phenoxy) is 12. The van der Waals surface area contributed by atoms with Crippen LogP contribution in [0, 0.1) is 0 Å². The molecular formula is C28H60N2O12. The van der Waals surface area contributed by atoms with Gasteiger partial charge in [-0.2, -0.15) is 0 Å². The summed E-state index contributed by atoms with van der Waals surface area (Å²) in [6.07, 6.45) is 0. The zero-order valence-electron chi connectivity index (χ0n) is 26.3. The van der Waals surface area contributed by atoms with Gasteiger partial charge < -0.3 is 67.5 Å². The van der Waals surface area contributed by atoms with Gasteiger partial charge in [0, 0.05) is 13.1 Å². The summed E-state index contributed by atoms with van der Waals surface area (Å²) in [6.45, 7) is 14.4. The molecule has 0 bridgehead atoms. The Morgan fingerprint density at radius 3 is 0.619 bits per heavy atom. The van der Waals surface area contributed by atoms with Gasteiger partial charge in [0.15, 0.2) is 0 Å². The highest BCUT2D eigenvalue weighted by molar-refractivity contribution is 4.41. The Hall–Kier alpha value is -0.560. The number of nitrogens with zero attached hydrogens (tertiary/aromatic N) is 1. The van der Waals surface area contributed by atoms with Gasteiger partial charge in [0.2, 0.25) is 0 Å². The second-order valence-electron chi connectivity index (χ2n) is 8.94. The van der Waals surface area contributed by atoms with Crippen molar-refractivity contribution in [2.45, 2.75) is 0 Å². The van der Waals surface area contributed by atoms with E-state index in [4.69, 9.17) is 62.6 Å². The van der Waals surface area contributed by atoms with Gasteiger partial charge in [0.1, 0.15) is 0 Å². The third kappa shape index (κ3) is 39.4. The zero-order valence-corrected chi connectivity index (χ0v) is 26.3. The monoisotopic (exact) mass is 616 g/mol. The van der Waals surface area contributed by atoms with E-state index in [0.29, 0.717) is 159 Å². The average molecular weight is 617 g/mol. The Morgan fingerprint density at radius 2 is 0.452 bits per heavy atom. The van der Waals surface area contributed by atoms with Gasteiger partial charge in [0.25, 0.3) is 0 Å². The summed E-state index contributed by atoms with van der Waals surface area (Å²) >= 11 is 0. The van der Waals surface area contributed by atoms with Crippen molar-refractivity contribution in [3.05, 3.63) is 0 Å². The Kier molecular flexibility index (Phi) is 38.0. The normalized spacial score (nSPS) is 11.7. The topological polar surface area (TPSA) is 140 Å². The van der Waals surface area contributed by atoms with Crippen molar-refractivity contribution in [1.29, 1.82) is 0 Å². The first-order valence-electron chi connectivity index (χ1n) is 15.0. The summed E-state index contributed by atoms with van der Waals surface area (Å²) in [5.41, 5.74) is 5.33. The van der Waals surface area contributed by atoms with Crippen LogP contribution in [-0.4, -0.2) is 191 Å². The Labute approximate surface area is 253 Å². The van der Waals surface area contributed by atoms with Crippen LogP contribution in [0.15, 0.2) is 0 Å². The molecule has 0 aromatic carbocycles. The Bertz CT molecular complexity index is 484. The maximum Gasteiger partial charge on any atom is 0.0701 e. The van der Waals surface area contributed by atoms with Crippen LogP contribution in [0.5, 0.6) is 0 Å². The molecule has 0 aliphatic rings. The summed E-state index contributed by atoms with van der Waals surface area (Å²) in [6, 6.07) is 0. The lowest BCUT2D eigenvalue weighted by Gasteiger charge is -2.10. The molecule has 0 aliphatic heterocycles. The molecule has 0 saturated heterocycles. The molecule has 0 aliphatic carbocycles. The van der Waals surface area contributed by atoms with Crippen molar-refractivity contribution in [3.63, 3.8) is 0 Å². The van der Waals surface area contributed by atoms with E-state index in [1.807, 2.05) is 14.1 Å². The lowest BCUT2D eigenvalue weighted by atomic mass is 10.6. The largest absolute Gasteiger partial charge is 0.378 e. The minimum Gasteiger partial charge on any atom is -0.378 e. The van der Waals surface area contributed by atoms with E-state index in [9.17, 15) is 0 Å². The first-order chi connectivity index (χ1) is 20.8. The molecule has 0 fully saturated rings. The first-order valence-corrected chi connectivity index (χ1v) is 15.0. The molecule has 0 unspecified atom stereocenters. The predicted octanol–water partition coefficient (Wildman–Crippen LogP) is -0.294. The smallest absolute Gasteiger partial charge is 0.0701 e. The number of rotatable bonds is 38. The predicted molar refractivity (Wildman–Crippen MR) is 157 cm³/mol. The fourth-order valence-electron chi connectivity index (χ4n) is 2.85. The van der Waals surface area contributed by atoms with Crippen LogP contribution in [0.1, 0.15) is 0 Å². The Balaban J connectivity index is 3.03. The van der Waals surface area contributed by atoms with Gasteiger partial charge in [-0.15, -0.1) is 0 Å². The minimum atomic E-state index is 0.514. The molecule has 254 valence electrons. The van der Waals surface area contributed by atoms with Crippen LogP contribution in [0.25, 0.3) is 0 Å². The molecule has 2 N–H and O–H groups in total. The first kappa shape index (κ1) is 41.4. The number of hydrogen-bond donors (Lipinski definition) is 1. The molecule has 0 radical (unpaired) electrons. The van der Waals surface area contributed by atoms with E-state index >= 15 is 0 Å². The standard InChI is InChI=1S/C28H60N2O12/c1-30(2)4-6-32-8-10-34-12-14-36-16-18-38-20-22-40-24-26-42-28-27-41-25-23-39-21-19-37-17-15-35-13-11-33-9-7-31-5-3-29/h3-29H2,1-2H3. The SMILES string of the molecule is CN(C)CCOCCOCCOCCOCCOCCOCCOCCOCCOCCOCCOCCOCCN. The fourth-order valence-corrected chi connectivity index (χ4v) is 2.85. The molecule has 14 nitrogen and oxygen atoms in total. The summed E-state index contributed by atoms with van der Waals surface area (Å²) in [5, 5.41) is 0. The van der Waals surface area contributed by atoms with E-state index in [2.05, 4.69) is 4.90 Å². The Morgan fingerprint density at radius 1 is 0.286 bits per heavy atom. The molecule has 0 heterocycles. The quantitative estimate of drug-likeness (QED) is 0.0908. The van der Waals surface area contributed by atoms with Crippen LogP contribution < -0.4 is 5.73 Å². The van der Waals surface area contributed by atoms with Crippen molar-refractivity contribution in [1.82, 2.24) is 4.90 Å². The van der Waals surface area contributed by atoms with Gasteiger partial charge in [0.05, 0.1) is 159 Å². The molecule has 0 aromatic rings. The van der Waals surface area contributed by atoms with Crippen LogP contribution in [-0.2, 0) is 56.8 Å². The molecule has 0 saturated carbocycles. The van der Waals surface area contributed by atoms with E-state index in [-0.39, 0.29) is 0 Å². The molecule has 0 atom stereocenters. The maximum atomic E-state index is 5.47. The van der Waals surface area contributed by atoms with Crippen LogP contribution in [0.4, 0.5) is 0 Å².